The Labute approximate surface area is 218 Å². The van der Waals surface area contributed by atoms with Crippen molar-refractivity contribution in [2.45, 2.75) is 53.3 Å². The third-order valence-corrected chi connectivity index (χ3v) is 7.49. The molecule has 0 fully saturated rings. The van der Waals surface area contributed by atoms with Crippen LogP contribution in [0, 0.1) is 25.6 Å². The molecule has 2 unspecified atom stereocenters. The Kier molecular flexibility index (Phi) is 4.72. The Morgan fingerprint density at radius 3 is 1.94 bits per heavy atom. The fraction of sp³-hybridized carbons (Fsp3) is 0.324. The number of fused-ring (bicyclic) bond motifs is 2. The molecule has 3 aromatic carbocycles. The summed E-state index contributed by atoms with van der Waals surface area (Å²) in [5.41, 5.74) is 9.11. The van der Waals surface area contributed by atoms with Crippen LogP contribution in [0.3, 0.4) is 0 Å². The quantitative estimate of drug-likeness (QED) is 0.267. The number of benzene rings is 3. The second kappa shape index (κ2) is 9.11. The molecule has 0 spiro atoms. The molecule has 0 amide bonds. The number of pyridine rings is 1. The fourth-order valence-corrected chi connectivity index (χ4v) is 5.89. The normalized spacial score (nSPS) is 20.0. The van der Waals surface area contributed by atoms with Crippen LogP contribution in [0.4, 0.5) is 0 Å². The van der Waals surface area contributed by atoms with Gasteiger partial charge in [-0.2, -0.15) is 0 Å². The predicted molar refractivity (Wildman–Crippen MR) is 148 cm³/mol. The molecule has 0 saturated carbocycles. The van der Waals surface area contributed by atoms with Crippen molar-refractivity contribution >= 4 is 0 Å². The Morgan fingerprint density at radius 2 is 1.31 bits per heavy atom. The highest BCUT2D eigenvalue weighted by Gasteiger charge is 2.35. The third kappa shape index (κ3) is 4.01. The van der Waals surface area contributed by atoms with Crippen LogP contribution in [0.15, 0.2) is 79.0 Å². The van der Waals surface area contributed by atoms with Gasteiger partial charge in [-0.25, -0.2) is 4.57 Å². The van der Waals surface area contributed by atoms with Gasteiger partial charge in [0.05, 0.1) is 0 Å². The first kappa shape index (κ1) is 18.1. The molecule has 0 radical (unpaired) electrons. The molecule has 1 aliphatic carbocycles. The maximum Gasteiger partial charge on any atom is 0.213 e. The Bertz CT molecular complexity index is 1590. The monoisotopic (exact) mass is 465 g/mol. The predicted octanol–water partition coefficient (Wildman–Crippen LogP) is 8.35. The van der Waals surface area contributed by atoms with E-state index in [1.165, 1.54) is 0 Å². The zero-order valence-corrected chi connectivity index (χ0v) is 21.6. The number of hydrogen-bond donors (Lipinski definition) is 0. The van der Waals surface area contributed by atoms with Crippen molar-refractivity contribution in [1.82, 2.24) is 0 Å². The molecule has 1 heteroatoms. The number of hydrogen-bond acceptors (Lipinski definition) is 0. The van der Waals surface area contributed by atoms with Gasteiger partial charge in [-0.1, -0.05) is 88.4 Å². The SMILES string of the molecule is [2H]C([2H])([2H])c1c[n+](C)c(-c2ccccc2C)cc1-c1ccc2c(c1)C(C([2H])(C)C)c1ccccc1C2C([2H])(C)C. The summed E-state index contributed by atoms with van der Waals surface area (Å²) in [4.78, 5) is 0. The van der Waals surface area contributed by atoms with Gasteiger partial charge in [0.15, 0.2) is 6.20 Å². The average Bonchev–Trinajstić information content (AvgIpc) is 2.85. The summed E-state index contributed by atoms with van der Waals surface area (Å²) in [7, 11) is 1.89. The molecule has 0 aliphatic heterocycles. The van der Waals surface area contributed by atoms with Crippen molar-refractivity contribution in [3.8, 4) is 22.4 Å². The van der Waals surface area contributed by atoms with Crippen LogP contribution in [0.1, 0.15) is 79.8 Å². The standard InChI is InChI=1S/C34H38N/c1-21(2)33-27-14-10-11-15-28(27)34(22(3)4)31-18-25(16-17-29(31)33)30-19-32(35(7)20-24(30)6)26-13-9-8-12-23(26)5/h8-22,33-34H,1-7H3/q+1/i6D3,21D,22D. The number of aryl methyl sites for hydroxylation is 3. The second-order valence-electron chi connectivity index (χ2n) is 10.4. The van der Waals surface area contributed by atoms with E-state index in [0.717, 1.165) is 44.6 Å². The second-order valence-corrected chi connectivity index (χ2v) is 10.4. The molecule has 4 aromatic rings. The molecule has 0 bridgehead atoms. The lowest BCUT2D eigenvalue weighted by Crippen LogP contribution is -2.31. The largest absolute Gasteiger partial charge is 0.213 e. The maximum atomic E-state index is 9.18. The van der Waals surface area contributed by atoms with Crippen LogP contribution in [-0.4, -0.2) is 0 Å². The Morgan fingerprint density at radius 1 is 0.714 bits per heavy atom. The van der Waals surface area contributed by atoms with Crippen LogP contribution in [0.5, 0.6) is 0 Å². The van der Waals surface area contributed by atoms with E-state index in [4.69, 9.17) is 5.48 Å². The van der Waals surface area contributed by atoms with Crippen molar-refractivity contribution in [2.75, 3.05) is 0 Å². The lowest BCUT2D eigenvalue weighted by molar-refractivity contribution is -0.660. The van der Waals surface area contributed by atoms with Crippen LogP contribution >= 0.6 is 0 Å². The first-order valence-electron chi connectivity index (χ1n) is 14.9. The summed E-state index contributed by atoms with van der Waals surface area (Å²) >= 11 is 0. The smallest absolute Gasteiger partial charge is 0.201 e. The van der Waals surface area contributed by atoms with E-state index in [1.54, 1.807) is 6.20 Å². The summed E-state index contributed by atoms with van der Waals surface area (Å²) < 4.78 is 45.3. The third-order valence-electron chi connectivity index (χ3n) is 7.49. The van der Waals surface area contributed by atoms with Crippen LogP contribution < -0.4 is 4.57 Å². The molecular formula is C34H38N+. The molecule has 35 heavy (non-hydrogen) atoms. The summed E-state index contributed by atoms with van der Waals surface area (Å²) in [6, 6.07) is 24.5. The molecule has 1 heterocycles. The van der Waals surface area contributed by atoms with Gasteiger partial charge in [-0.15, -0.1) is 0 Å². The van der Waals surface area contributed by atoms with E-state index in [-0.39, 0.29) is 11.8 Å². The average molecular weight is 466 g/mol. The number of nitrogens with zero attached hydrogens (tertiary/aromatic N) is 1. The summed E-state index contributed by atoms with van der Waals surface area (Å²) in [5.74, 6) is -2.00. The minimum atomic E-state index is -2.31. The van der Waals surface area contributed by atoms with E-state index >= 15 is 0 Å². The Balaban J connectivity index is 1.81. The molecule has 2 atom stereocenters. The molecule has 178 valence electrons. The van der Waals surface area contributed by atoms with Crippen molar-refractivity contribution in [1.29, 1.82) is 0 Å². The zero-order chi connectivity index (χ0) is 29.2. The Hall–Kier alpha value is -3.19. The van der Waals surface area contributed by atoms with Gasteiger partial charge < -0.3 is 0 Å². The van der Waals surface area contributed by atoms with Gasteiger partial charge in [0.25, 0.3) is 0 Å². The number of rotatable bonds is 4. The highest BCUT2D eigenvalue weighted by Crippen LogP contribution is 2.49. The van der Waals surface area contributed by atoms with Gasteiger partial charge in [-0.05, 0) is 70.6 Å². The van der Waals surface area contributed by atoms with Gasteiger partial charge in [0.1, 0.15) is 7.05 Å². The molecule has 5 rings (SSSR count). The summed E-state index contributed by atoms with van der Waals surface area (Å²) in [6.45, 7) is 7.51. The first-order valence-corrected chi connectivity index (χ1v) is 12.4. The van der Waals surface area contributed by atoms with Crippen LogP contribution in [0.25, 0.3) is 22.4 Å². The molecule has 1 aliphatic rings. The van der Waals surface area contributed by atoms with Crippen molar-refractivity contribution in [3.63, 3.8) is 0 Å². The van der Waals surface area contributed by atoms with Crippen molar-refractivity contribution in [3.05, 3.63) is 112 Å². The zero-order valence-electron chi connectivity index (χ0n) is 26.6. The van der Waals surface area contributed by atoms with Gasteiger partial charge >= 0.3 is 0 Å². The van der Waals surface area contributed by atoms with Crippen LogP contribution in [-0.2, 0) is 7.05 Å². The molecule has 0 saturated heterocycles. The summed E-state index contributed by atoms with van der Waals surface area (Å²) in [6.07, 6.45) is 1.74. The molecule has 1 nitrogen and oxygen atoms in total. The molecule has 0 N–H and O–H groups in total. The van der Waals surface area contributed by atoms with Crippen molar-refractivity contribution in [2.24, 2.45) is 18.8 Å². The van der Waals surface area contributed by atoms with E-state index in [0.29, 0.717) is 11.1 Å². The van der Waals surface area contributed by atoms with Gasteiger partial charge in [0, 0.05) is 35.9 Å². The minimum Gasteiger partial charge on any atom is -0.201 e. The minimum absolute atomic E-state index is 0.162. The highest BCUT2D eigenvalue weighted by molar-refractivity contribution is 5.74. The van der Waals surface area contributed by atoms with Gasteiger partial charge in [-0.3, -0.25) is 0 Å². The summed E-state index contributed by atoms with van der Waals surface area (Å²) in [5, 5.41) is 0. The molecule has 1 aromatic heterocycles. The van der Waals surface area contributed by atoms with Gasteiger partial charge in [0.2, 0.25) is 5.69 Å². The lowest BCUT2D eigenvalue weighted by atomic mass is 9.66. The lowest BCUT2D eigenvalue weighted by Gasteiger charge is -2.38. The van der Waals surface area contributed by atoms with E-state index in [2.05, 4.69) is 43.3 Å². The maximum absolute atomic E-state index is 9.18. The molecular weight excluding hydrogens is 422 g/mol. The van der Waals surface area contributed by atoms with Crippen LogP contribution in [0.2, 0.25) is 0 Å². The van der Waals surface area contributed by atoms with E-state index in [9.17, 15) is 1.37 Å². The first-order chi connectivity index (χ1) is 18.6. The van der Waals surface area contributed by atoms with E-state index in [1.807, 2.05) is 75.7 Å². The van der Waals surface area contributed by atoms with E-state index < -0.39 is 18.6 Å². The highest BCUT2D eigenvalue weighted by atomic mass is 14.9. The number of aromatic nitrogens is 1. The topological polar surface area (TPSA) is 3.88 Å². The van der Waals surface area contributed by atoms with Crippen molar-refractivity contribution < 1.29 is 11.4 Å². The fourth-order valence-electron chi connectivity index (χ4n) is 5.89.